The molecule has 20 rings (SSSR count). The number of aromatic nitrogens is 9. The van der Waals surface area contributed by atoms with Gasteiger partial charge in [-0.1, -0.05) is 289 Å². The third-order valence-corrected chi connectivity index (χ3v) is 21.6. The predicted molar refractivity (Wildman–Crippen MR) is 437 cm³/mol. The fourth-order valence-electron chi connectivity index (χ4n) is 13.6. The largest absolute Gasteiger partial charge is 0.309 e. The lowest BCUT2D eigenvalue weighted by atomic mass is 10.0. The van der Waals surface area contributed by atoms with Crippen molar-refractivity contribution in [2.75, 3.05) is 0 Å². The van der Waals surface area contributed by atoms with Gasteiger partial charge in [-0.3, -0.25) is 0 Å². The number of benzene rings is 14. The maximum atomic E-state index is 5.02. The molecule has 0 atom stereocenters. The molecule has 0 bridgehead atoms. The zero-order chi connectivity index (χ0) is 70.0. The summed E-state index contributed by atoms with van der Waals surface area (Å²) in [6.07, 6.45) is 1.03. The van der Waals surface area contributed by atoms with E-state index in [0.717, 1.165) is 98.7 Å². The van der Waals surface area contributed by atoms with Gasteiger partial charge in [-0.15, -0.1) is 22.7 Å². The smallest absolute Gasteiger partial charge is 0.164 e. The predicted octanol–water partition coefficient (Wildman–Crippen LogP) is 24.8. The molecule has 0 saturated heterocycles. The third kappa shape index (κ3) is 13.3. The van der Waals surface area contributed by atoms with Gasteiger partial charge in [0, 0.05) is 65.4 Å². The summed E-state index contributed by atoms with van der Waals surface area (Å²) in [7, 11) is 0. The van der Waals surface area contributed by atoms with Gasteiger partial charge < -0.3 is 4.57 Å². The van der Waals surface area contributed by atoms with Crippen molar-refractivity contribution in [3.05, 3.63) is 367 Å². The van der Waals surface area contributed by atoms with E-state index in [1.807, 2.05) is 121 Å². The van der Waals surface area contributed by atoms with Crippen LogP contribution < -0.4 is 0 Å². The van der Waals surface area contributed by atoms with Crippen LogP contribution in [-0.4, -0.2) is 44.4 Å². The summed E-state index contributed by atoms with van der Waals surface area (Å²) in [6.45, 7) is 0. The van der Waals surface area contributed by atoms with Gasteiger partial charge >= 0.3 is 0 Å². The molecule has 1 aliphatic carbocycles. The van der Waals surface area contributed by atoms with Gasteiger partial charge in [0.15, 0.2) is 34.9 Å². The number of thiazole rings is 2. The summed E-state index contributed by atoms with van der Waals surface area (Å²) in [5.74, 6) is 3.88. The highest BCUT2D eigenvalue weighted by Crippen LogP contribution is 2.42. The molecule has 0 aliphatic heterocycles. The first-order chi connectivity index (χ1) is 51.9. The van der Waals surface area contributed by atoms with Crippen LogP contribution in [0.15, 0.2) is 356 Å². The summed E-state index contributed by atoms with van der Waals surface area (Å²) in [5.41, 5.74) is 23.7. The van der Waals surface area contributed by atoms with Crippen LogP contribution in [0.1, 0.15) is 11.1 Å². The average molecular weight is 1450 g/mol. The minimum absolute atomic E-state index is 0.628. The van der Waals surface area contributed by atoms with Gasteiger partial charge in [-0.25, -0.2) is 39.9 Å². The van der Waals surface area contributed by atoms with E-state index >= 15 is 0 Å². The first kappa shape index (κ1) is 64.3. The number of hydrogen-bond acceptors (Lipinski definition) is 10. The summed E-state index contributed by atoms with van der Waals surface area (Å²) in [5, 5.41) is 4.55. The SMILES string of the molecule is Brc1ccc(-c2nc(-c3ccccc3)nc(-c3ccc(-c4ccccc4)cc3)n2)cc1.c1ccc(-c2ccc(-c3nc(-c4ccccc4)nc(-c4ccc(-n5c6ccccc6c6ccc(-c7nc8ccccc8s7)cc65)cc4)n3)cc2)cc1.c1ccc2c(c1)Cc1cc(-c3nc4ccccc4s3)ccc1-2. The van der Waals surface area contributed by atoms with Crippen LogP contribution in [0.3, 0.4) is 0 Å². The normalized spacial score (nSPS) is 11.4. The minimum Gasteiger partial charge on any atom is -0.309 e. The lowest BCUT2D eigenvalue weighted by Gasteiger charge is -2.11. The van der Waals surface area contributed by atoms with Gasteiger partial charge in [-0.2, -0.15) is 0 Å². The van der Waals surface area contributed by atoms with Crippen molar-refractivity contribution in [1.82, 2.24) is 44.4 Å². The molecule has 0 radical (unpaired) electrons. The fourth-order valence-corrected chi connectivity index (χ4v) is 15.8. The molecule has 496 valence electrons. The first-order valence-corrected chi connectivity index (χ1v) is 37.1. The number of rotatable bonds is 11. The number of nitrogens with zero attached hydrogens (tertiary/aromatic N) is 9. The zero-order valence-electron chi connectivity index (χ0n) is 56.4. The Labute approximate surface area is 623 Å². The molecule has 12 heteroatoms. The van der Waals surface area contributed by atoms with Crippen LogP contribution in [0.25, 0.3) is 171 Å². The lowest BCUT2D eigenvalue weighted by Crippen LogP contribution is -2.00. The molecule has 105 heavy (non-hydrogen) atoms. The van der Waals surface area contributed by atoms with Crippen LogP contribution in [0.5, 0.6) is 0 Å². The van der Waals surface area contributed by atoms with Gasteiger partial charge in [0.1, 0.15) is 10.0 Å². The molecule has 19 aromatic rings. The highest BCUT2D eigenvalue weighted by Gasteiger charge is 2.21. The lowest BCUT2D eigenvalue weighted by molar-refractivity contribution is 1.07. The van der Waals surface area contributed by atoms with Crippen LogP contribution in [0, 0.1) is 0 Å². The Morgan fingerprint density at radius 1 is 0.248 bits per heavy atom. The second-order valence-electron chi connectivity index (χ2n) is 25.5. The molecule has 0 fully saturated rings. The molecular formula is C93H60BrN9S2. The average Bonchev–Trinajstić information content (AvgIpc) is 1.59. The van der Waals surface area contributed by atoms with Crippen molar-refractivity contribution < 1.29 is 0 Å². The number of hydrogen-bond donors (Lipinski definition) is 0. The van der Waals surface area contributed by atoms with Crippen LogP contribution in [-0.2, 0) is 6.42 Å². The van der Waals surface area contributed by atoms with E-state index in [0.29, 0.717) is 34.9 Å². The fraction of sp³-hybridized carbons (Fsp3) is 0.0108. The van der Waals surface area contributed by atoms with E-state index in [-0.39, 0.29) is 0 Å². The Bertz CT molecular complexity index is 6280. The Kier molecular flexibility index (Phi) is 17.5. The van der Waals surface area contributed by atoms with E-state index in [2.05, 4.69) is 251 Å². The minimum atomic E-state index is 0.628. The summed E-state index contributed by atoms with van der Waals surface area (Å²) in [4.78, 5) is 39.0. The number of para-hydroxylation sites is 3. The third-order valence-electron chi connectivity index (χ3n) is 18.9. The van der Waals surface area contributed by atoms with E-state index in [9.17, 15) is 0 Å². The zero-order valence-corrected chi connectivity index (χ0v) is 59.6. The number of halogens is 1. The van der Waals surface area contributed by atoms with Crippen molar-refractivity contribution in [3.63, 3.8) is 0 Å². The summed E-state index contributed by atoms with van der Waals surface area (Å²) < 4.78 is 5.80. The van der Waals surface area contributed by atoms with Crippen molar-refractivity contribution in [2.45, 2.75) is 6.42 Å². The number of fused-ring (bicyclic) bond motifs is 8. The highest BCUT2D eigenvalue weighted by atomic mass is 79.9. The second-order valence-corrected chi connectivity index (χ2v) is 28.5. The molecule has 1 aliphatic rings. The standard InChI is InChI=1S/C46H29N5S.C27H18BrN3.C20H13NS/c1-3-11-30(12-4-1)31-19-21-33(22-20-31)44-48-43(32-13-5-2-6-14-32)49-45(50-44)34-23-26-36(27-24-34)51-40-17-9-7-15-37(40)38-28-25-35(29-41(38)51)46-47-39-16-8-10-18-42(39)52-46;28-24-17-15-23(16-18-24)27-30-25(21-9-5-2-6-10-21)29-26(31-27)22-13-11-20(12-14-22)19-7-3-1-4-8-19;1-2-6-16-13(5-1)11-15-12-14(9-10-17(15)16)20-21-18-7-3-4-8-19(18)22-20/h1-29H;1-18H;1-10,12H,11H2. The molecule has 0 unspecified atom stereocenters. The molecule has 9 nitrogen and oxygen atoms in total. The summed E-state index contributed by atoms with van der Waals surface area (Å²) in [6, 6.07) is 122. The Morgan fingerprint density at radius 3 is 1.09 bits per heavy atom. The summed E-state index contributed by atoms with van der Waals surface area (Å²) >= 11 is 6.99. The van der Waals surface area contributed by atoms with Crippen LogP contribution in [0.2, 0.25) is 0 Å². The maximum absolute atomic E-state index is 5.02. The molecule has 0 spiro atoms. The molecule has 0 saturated carbocycles. The van der Waals surface area contributed by atoms with Gasteiger partial charge in [-0.05, 0) is 130 Å². The van der Waals surface area contributed by atoms with E-state index in [1.54, 1.807) is 22.7 Å². The molecular weight excluding hydrogens is 1390 g/mol. The molecule has 5 heterocycles. The Morgan fingerprint density at radius 2 is 0.590 bits per heavy atom. The highest BCUT2D eigenvalue weighted by molar-refractivity contribution is 9.10. The molecule has 14 aromatic carbocycles. The van der Waals surface area contributed by atoms with Crippen molar-refractivity contribution >= 4 is 80.8 Å². The Hall–Kier alpha value is -12.8. The van der Waals surface area contributed by atoms with Crippen molar-refractivity contribution in [2.24, 2.45) is 0 Å². The van der Waals surface area contributed by atoms with Gasteiger partial charge in [0.05, 0.1) is 31.5 Å². The van der Waals surface area contributed by atoms with Crippen molar-refractivity contribution in [1.29, 1.82) is 0 Å². The van der Waals surface area contributed by atoms with Gasteiger partial charge in [0.2, 0.25) is 0 Å². The van der Waals surface area contributed by atoms with E-state index in [1.165, 1.54) is 59.1 Å². The van der Waals surface area contributed by atoms with Gasteiger partial charge in [0.25, 0.3) is 0 Å². The monoisotopic (exact) mass is 1450 g/mol. The van der Waals surface area contributed by atoms with E-state index < -0.39 is 0 Å². The maximum Gasteiger partial charge on any atom is 0.164 e. The first-order valence-electron chi connectivity index (χ1n) is 34.7. The molecule has 0 N–H and O–H groups in total. The van der Waals surface area contributed by atoms with Crippen LogP contribution >= 0.6 is 38.6 Å². The topological polar surface area (TPSA) is 108 Å². The van der Waals surface area contributed by atoms with E-state index in [4.69, 9.17) is 39.9 Å². The molecule has 0 amide bonds. The molecule has 5 aromatic heterocycles. The van der Waals surface area contributed by atoms with Crippen LogP contribution in [0.4, 0.5) is 0 Å². The Balaban J connectivity index is 0.000000124. The quantitative estimate of drug-likeness (QED) is 0.126. The second kappa shape index (κ2) is 28.5. The van der Waals surface area contributed by atoms with Crippen molar-refractivity contribution in [3.8, 4) is 129 Å².